The molecule has 6 nitrogen and oxygen atoms in total. The van der Waals surface area contributed by atoms with Crippen LogP contribution in [-0.2, 0) is 14.3 Å². The van der Waals surface area contributed by atoms with Crippen LogP contribution in [0, 0.1) is 5.82 Å². The van der Waals surface area contributed by atoms with E-state index in [1.54, 1.807) is 13.0 Å². The lowest BCUT2D eigenvalue weighted by molar-refractivity contribution is -0.139. The van der Waals surface area contributed by atoms with Gasteiger partial charge in [-0.25, -0.2) is 9.18 Å². The number of benzene rings is 2. The predicted octanol–water partition coefficient (Wildman–Crippen LogP) is 3.83. The van der Waals surface area contributed by atoms with Gasteiger partial charge in [-0.1, -0.05) is 52.3 Å². The van der Waals surface area contributed by atoms with Gasteiger partial charge in [-0.15, -0.1) is 0 Å². The number of carbonyl (C=O) groups excluding carboxylic acids is 1. The lowest BCUT2D eigenvalue weighted by Crippen LogP contribution is -2.43. The van der Waals surface area contributed by atoms with Gasteiger partial charge in [0, 0.05) is 35.4 Å². The van der Waals surface area contributed by atoms with Gasteiger partial charge in [0.25, 0.3) is 0 Å². The van der Waals surface area contributed by atoms with E-state index in [1.807, 2.05) is 30.3 Å². The average molecular weight is 502 g/mol. The molecule has 8 heteroatoms. The van der Waals surface area contributed by atoms with Crippen LogP contribution in [0.2, 0.25) is 0 Å². The summed E-state index contributed by atoms with van der Waals surface area (Å²) >= 11 is 3.46. The summed E-state index contributed by atoms with van der Waals surface area (Å²) in [5.74, 6) is -0.138. The molecule has 1 fully saturated rings. The van der Waals surface area contributed by atoms with Crippen molar-refractivity contribution >= 4 is 27.7 Å². The topological polar surface area (TPSA) is 63.2 Å². The van der Waals surface area contributed by atoms with Crippen molar-refractivity contribution in [3.8, 4) is 0 Å². The molecule has 4 rings (SSSR count). The highest BCUT2D eigenvalue weighted by Gasteiger charge is 2.34. The van der Waals surface area contributed by atoms with Crippen LogP contribution in [0.25, 0.3) is 0 Å². The highest BCUT2D eigenvalue weighted by molar-refractivity contribution is 9.10. The summed E-state index contributed by atoms with van der Waals surface area (Å²) in [6.45, 7) is 5.38. The second kappa shape index (κ2) is 10.4. The maximum atomic E-state index is 13.8. The third kappa shape index (κ3) is 5.09. The third-order valence-corrected chi connectivity index (χ3v) is 6.10. The van der Waals surface area contributed by atoms with Crippen LogP contribution in [0.5, 0.6) is 0 Å². The van der Waals surface area contributed by atoms with Crippen molar-refractivity contribution in [2.75, 3.05) is 39.5 Å². The van der Waals surface area contributed by atoms with E-state index in [0.717, 1.165) is 24.4 Å². The summed E-state index contributed by atoms with van der Waals surface area (Å²) in [7, 11) is 0. The number of esters is 1. The first kappa shape index (κ1) is 22.6. The Morgan fingerprint density at radius 1 is 1.25 bits per heavy atom. The summed E-state index contributed by atoms with van der Waals surface area (Å²) in [6.07, 6.45) is 0. The fourth-order valence-electron chi connectivity index (χ4n) is 3.84. The Morgan fingerprint density at radius 3 is 2.69 bits per heavy atom. The van der Waals surface area contributed by atoms with E-state index in [0.29, 0.717) is 41.2 Å². The summed E-state index contributed by atoms with van der Waals surface area (Å²) in [5, 5.41) is 3.39. The van der Waals surface area contributed by atoms with Gasteiger partial charge in [0.15, 0.2) is 0 Å². The molecule has 2 aromatic carbocycles. The van der Waals surface area contributed by atoms with Gasteiger partial charge in [-0.3, -0.25) is 9.89 Å². The number of hydrogen-bond donors (Lipinski definition) is 1. The number of carbonyl (C=O) groups is 1. The van der Waals surface area contributed by atoms with Crippen molar-refractivity contribution in [2.45, 2.75) is 13.0 Å². The van der Waals surface area contributed by atoms with Gasteiger partial charge in [0.2, 0.25) is 0 Å². The average Bonchev–Trinajstić information content (AvgIpc) is 2.80. The Bertz CT molecular complexity index is 1040. The second-order valence-corrected chi connectivity index (χ2v) is 8.39. The normalized spacial score (nSPS) is 19.3. The molecule has 0 radical (unpaired) electrons. The fourth-order valence-corrected chi connectivity index (χ4v) is 4.41. The number of nitrogens with one attached hydrogen (secondary N) is 1. The van der Waals surface area contributed by atoms with Gasteiger partial charge in [-0.2, -0.15) is 0 Å². The molecular weight excluding hydrogens is 477 g/mol. The molecule has 1 saturated heterocycles. The monoisotopic (exact) mass is 501 g/mol. The third-order valence-electron chi connectivity index (χ3n) is 5.41. The zero-order valence-electron chi connectivity index (χ0n) is 17.8. The van der Waals surface area contributed by atoms with Crippen LogP contribution in [-0.4, -0.2) is 56.2 Å². The first-order chi connectivity index (χ1) is 15.6. The predicted molar refractivity (Wildman–Crippen MR) is 124 cm³/mol. The minimum atomic E-state index is -0.642. The standard InChI is InChI=1S/C24H25BrFN3O3/c1-2-32-24(30)21-20(15-29-10-12-31-13-11-29)27-23(16-6-4-3-5-7-16)28-22(21)18-9-8-17(26)14-19(18)25/h3-9,14,22H,2,10-13,15H2,1H3,(H,27,28). The largest absolute Gasteiger partial charge is 0.463 e. The van der Waals surface area contributed by atoms with Crippen molar-refractivity contribution in [1.82, 2.24) is 10.2 Å². The molecule has 0 bridgehead atoms. The SMILES string of the molecule is CCOC(=O)C1=C(CN2CCOCC2)NC(c2ccccc2)=NC1c1ccc(F)cc1Br. The van der Waals surface area contributed by atoms with Gasteiger partial charge >= 0.3 is 5.97 Å². The van der Waals surface area contributed by atoms with E-state index in [1.165, 1.54) is 12.1 Å². The molecule has 2 heterocycles. The van der Waals surface area contributed by atoms with Crippen molar-refractivity contribution < 1.29 is 18.7 Å². The van der Waals surface area contributed by atoms with Crippen LogP contribution in [0.4, 0.5) is 4.39 Å². The molecule has 168 valence electrons. The Kier molecular flexibility index (Phi) is 7.34. The zero-order valence-corrected chi connectivity index (χ0v) is 19.4. The molecule has 0 amide bonds. The van der Waals surface area contributed by atoms with Crippen molar-refractivity contribution in [2.24, 2.45) is 4.99 Å². The molecule has 0 aromatic heterocycles. The maximum Gasteiger partial charge on any atom is 0.338 e. The highest BCUT2D eigenvalue weighted by atomic mass is 79.9. The van der Waals surface area contributed by atoms with Crippen LogP contribution in [0.15, 0.2) is 69.3 Å². The number of amidine groups is 1. The Balaban J connectivity index is 1.82. The number of rotatable bonds is 6. The van der Waals surface area contributed by atoms with Crippen molar-refractivity contribution in [3.05, 3.63) is 81.2 Å². The first-order valence-electron chi connectivity index (χ1n) is 10.6. The van der Waals surface area contributed by atoms with E-state index in [2.05, 4.69) is 26.1 Å². The van der Waals surface area contributed by atoms with E-state index < -0.39 is 12.0 Å². The number of halogens is 2. The molecule has 0 aliphatic carbocycles. The minimum absolute atomic E-state index is 0.250. The number of nitrogens with zero attached hydrogens (tertiary/aromatic N) is 2. The van der Waals surface area contributed by atoms with E-state index >= 15 is 0 Å². The summed E-state index contributed by atoms with van der Waals surface area (Å²) in [4.78, 5) is 20.3. The molecule has 2 aromatic rings. The minimum Gasteiger partial charge on any atom is -0.463 e. The highest BCUT2D eigenvalue weighted by Crippen LogP contribution is 2.36. The zero-order chi connectivity index (χ0) is 22.5. The Morgan fingerprint density at radius 2 is 2.00 bits per heavy atom. The lowest BCUT2D eigenvalue weighted by atomic mass is 9.94. The van der Waals surface area contributed by atoms with Crippen LogP contribution in [0.1, 0.15) is 24.1 Å². The Hall–Kier alpha value is -2.55. The molecule has 0 spiro atoms. The van der Waals surface area contributed by atoms with E-state index in [4.69, 9.17) is 14.5 Å². The first-order valence-corrected chi connectivity index (χ1v) is 11.4. The van der Waals surface area contributed by atoms with Gasteiger partial charge in [-0.05, 0) is 24.6 Å². The van der Waals surface area contributed by atoms with Gasteiger partial charge in [0.05, 0.1) is 25.4 Å². The van der Waals surface area contributed by atoms with Crippen LogP contribution >= 0.6 is 15.9 Å². The van der Waals surface area contributed by atoms with Crippen LogP contribution in [0.3, 0.4) is 0 Å². The molecule has 1 atom stereocenters. The molecule has 1 N–H and O–H groups in total. The number of ether oxygens (including phenoxy) is 2. The van der Waals surface area contributed by atoms with E-state index in [-0.39, 0.29) is 12.4 Å². The lowest BCUT2D eigenvalue weighted by Gasteiger charge is -2.33. The number of aliphatic imine (C=N–C) groups is 1. The summed E-state index contributed by atoms with van der Waals surface area (Å²) in [5.41, 5.74) is 2.77. The number of morpholine rings is 1. The summed E-state index contributed by atoms with van der Waals surface area (Å²) < 4.78 is 25.3. The fraction of sp³-hybridized carbons (Fsp3) is 0.333. The molecular formula is C24H25BrFN3O3. The van der Waals surface area contributed by atoms with Gasteiger partial charge in [0.1, 0.15) is 17.7 Å². The quantitative estimate of drug-likeness (QED) is 0.609. The van der Waals surface area contributed by atoms with Crippen molar-refractivity contribution in [1.29, 1.82) is 0 Å². The molecule has 2 aliphatic rings. The molecule has 2 aliphatic heterocycles. The summed E-state index contributed by atoms with van der Waals surface area (Å²) in [6, 6.07) is 13.5. The smallest absolute Gasteiger partial charge is 0.338 e. The Labute approximate surface area is 195 Å². The number of hydrogen-bond acceptors (Lipinski definition) is 6. The molecule has 1 unspecified atom stereocenters. The van der Waals surface area contributed by atoms with E-state index in [9.17, 15) is 9.18 Å². The van der Waals surface area contributed by atoms with Crippen molar-refractivity contribution in [3.63, 3.8) is 0 Å². The second-order valence-electron chi connectivity index (χ2n) is 7.54. The molecule has 32 heavy (non-hydrogen) atoms. The maximum absolute atomic E-state index is 13.8. The van der Waals surface area contributed by atoms with Crippen LogP contribution < -0.4 is 5.32 Å². The van der Waals surface area contributed by atoms with Gasteiger partial charge < -0.3 is 14.8 Å². The molecule has 0 saturated carbocycles.